The van der Waals surface area contributed by atoms with Gasteiger partial charge < -0.3 is 9.80 Å². The zero-order valence-corrected chi connectivity index (χ0v) is 20.0. The van der Waals surface area contributed by atoms with Gasteiger partial charge in [0, 0.05) is 44.2 Å². The number of benzene rings is 1. The molecule has 32 heavy (non-hydrogen) atoms. The third-order valence-electron chi connectivity index (χ3n) is 7.34. The van der Waals surface area contributed by atoms with Gasteiger partial charge in [-0.1, -0.05) is 0 Å². The third kappa shape index (κ3) is 4.86. The van der Waals surface area contributed by atoms with Gasteiger partial charge in [-0.3, -0.25) is 9.59 Å². The number of nitrogens with one attached hydrogen (secondary N) is 1. The predicted octanol–water partition coefficient (Wildman–Crippen LogP) is 3.08. The maximum atomic E-state index is 12.9. The number of fused-ring (bicyclic) bond motifs is 1. The van der Waals surface area contributed by atoms with E-state index in [0.717, 1.165) is 62.9 Å². The Bertz CT molecular complexity index is 963. The molecule has 3 aliphatic rings. The van der Waals surface area contributed by atoms with Gasteiger partial charge in [-0.2, -0.15) is 0 Å². The lowest BCUT2D eigenvalue weighted by Gasteiger charge is -2.34. The summed E-state index contributed by atoms with van der Waals surface area (Å²) < 4.78 is 28.6. The van der Waals surface area contributed by atoms with Gasteiger partial charge >= 0.3 is 0 Å². The Morgan fingerprint density at radius 1 is 1.06 bits per heavy atom. The number of likely N-dealkylation sites (tertiary alicyclic amines) is 1. The summed E-state index contributed by atoms with van der Waals surface area (Å²) in [6.45, 7) is 5.69. The first-order valence-corrected chi connectivity index (χ1v) is 13.5. The second-order valence-electron chi connectivity index (χ2n) is 9.69. The third-order valence-corrected chi connectivity index (χ3v) is 8.76. The standard InChI is InChI=1S/C24H35N3O4S/c1-17-14-21-15-22(10-11-23(21)27(17)18(2)28)32(30,31)25-16-19-6-8-20(9-7-19)24(29)26-12-4-3-5-13-26/h10-11,15,17,19-20,25H,3-9,12-14,16H2,1-2H3/t17-,19?,20?/m1/s1. The molecule has 7 nitrogen and oxygen atoms in total. The lowest BCUT2D eigenvalue weighted by atomic mass is 9.81. The van der Waals surface area contributed by atoms with Crippen LogP contribution in [0.4, 0.5) is 5.69 Å². The zero-order valence-electron chi connectivity index (χ0n) is 19.2. The summed E-state index contributed by atoms with van der Waals surface area (Å²) in [5.41, 5.74) is 1.70. The topological polar surface area (TPSA) is 86.8 Å². The van der Waals surface area contributed by atoms with Crippen molar-refractivity contribution in [1.29, 1.82) is 0 Å². The molecule has 1 aromatic carbocycles. The van der Waals surface area contributed by atoms with Crippen LogP contribution >= 0.6 is 0 Å². The SMILES string of the molecule is CC(=O)N1c2ccc(S(=O)(=O)NCC3CCC(C(=O)N4CCCCC4)CC3)cc2C[C@H]1C. The Kier molecular flexibility index (Phi) is 6.91. The van der Waals surface area contributed by atoms with Gasteiger partial charge in [0.1, 0.15) is 0 Å². The number of sulfonamides is 1. The number of amides is 2. The van der Waals surface area contributed by atoms with Crippen molar-refractivity contribution in [2.45, 2.75) is 76.2 Å². The molecule has 2 amide bonds. The maximum absolute atomic E-state index is 12.9. The normalized spacial score (nSPS) is 26.1. The van der Waals surface area contributed by atoms with E-state index in [1.807, 2.05) is 11.8 Å². The van der Waals surface area contributed by atoms with Crippen LogP contribution in [-0.4, -0.2) is 50.8 Å². The smallest absolute Gasteiger partial charge is 0.240 e. The monoisotopic (exact) mass is 461 g/mol. The molecule has 0 aromatic heterocycles. The highest BCUT2D eigenvalue weighted by Crippen LogP contribution is 2.34. The van der Waals surface area contributed by atoms with E-state index in [0.29, 0.717) is 18.9 Å². The minimum atomic E-state index is -3.61. The molecular formula is C24H35N3O4S. The van der Waals surface area contributed by atoms with Crippen molar-refractivity contribution in [3.63, 3.8) is 0 Å². The highest BCUT2D eigenvalue weighted by Gasteiger charge is 2.32. The summed E-state index contributed by atoms with van der Waals surface area (Å²) in [6, 6.07) is 5.07. The summed E-state index contributed by atoms with van der Waals surface area (Å²) >= 11 is 0. The fourth-order valence-corrected chi connectivity index (χ4v) is 6.72. The van der Waals surface area contributed by atoms with Crippen LogP contribution in [0, 0.1) is 11.8 Å². The summed E-state index contributed by atoms with van der Waals surface area (Å²) in [5, 5.41) is 0. The molecule has 0 spiro atoms. The summed E-state index contributed by atoms with van der Waals surface area (Å²) in [7, 11) is -3.61. The van der Waals surface area contributed by atoms with Crippen LogP contribution in [0.5, 0.6) is 0 Å². The number of hydrogen-bond donors (Lipinski definition) is 1. The largest absolute Gasteiger partial charge is 0.342 e. The van der Waals surface area contributed by atoms with Gasteiger partial charge in [-0.25, -0.2) is 13.1 Å². The van der Waals surface area contributed by atoms with Crippen LogP contribution in [0.1, 0.15) is 64.4 Å². The number of rotatable bonds is 5. The van der Waals surface area contributed by atoms with Gasteiger partial charge in [0.15, 0.2) is 0 Å². The Morgan fingerprint density at radius 2 is 1.75 bits per heavy atom. The molecule has 176 valence electrons. The zero-order chi connectivity index (χ0) is 22.9. The van der Waals surface area contributed by atoms with E-state index in [1.54, 1.807) is 23.1 Å². The van der Waals surface area contributed by atoms with Gasteiger partial charge in [-0.15, -0.1) is 0 Å². The number of hydrogen-bond acceptors (Lipinski definition) is 4. The second-order valence-corrected chi connectivity index (χ2v) is 11.5. The molecular weight excluding hydrogens is 426 g/mol. The molecule has 2 aliphatic heterocycles. The molecule has 2 fully saturated rings. The molecule has 1 saturated heterocycles. The van der Waals surface area contributed by atoms with Crippen molar-refractivity contribution in [2.75, 3.05) is 24.5 Å². The molecule has 1 aliphatic carbocycles. The van der Waals surface area contributed by atoms with Crippen LogP contribution in [0.2, 0.25) is 0 Å². The summed E-state index contributed by atoms with van der Waals surface area (Å²) in [5.74, 6) is 0.636. The minimum absolute atomic E-state index is 0.0284. The lowest BCUT2D eigenvalue weighted by molar-refractivity contribution is -0.137. The highest BCUT2D eigenvalue weighted by atomic mass is 32.2. The maximum Gasteiger partial charge on any atom is 0.240 e. The molecule has 2 heterocycles. The molecule has 0 unspecified atom stereocenters. The van der Waals surface area contributed by atoms with Crippen molar-refractivity contribution in [2.24, 2.45) is 11.8 Å². The quantitative estimate of drug-likeness (QED) is 0.730. The van der Waals surface area contributed by atoms with E-state index in [9.17, 15) is 18.0 Å². The van der Waals surface area contributed by atoms with E-state index >= 15 is 0 Å². The molecule has 8 heteroatoms. The fourth-order valence-electron chi connectivity index (χ4n) is 5.55. The minimum Gasteiger partial charge on any atom is -0.342 e. The van der Waals surface area contributed by atoms with Crippen molar-refractivity contribution < 1.29 is 18.0 Å². The first-order chi connectivity index (χ1) is 15.3. The number of piperidine rings is 1. The average molecular weight is 462 g/mol. The van der Waals surface area contributed by atoms with Crippen LogP contribution in [0.3, 0.4) is 0 Å². The molecule has 0 radical (unpaired) electrons. The average Bonchev–Trinajstić information content (AvgIpc) is 3.13. The van der Waals surface area contributed by atoms with Crippen molar-refractivity contribution in [3.05, 3.63) is 23.8 Å². The van der Waals surface area contributed by atoms with Crippen LogP contribution < -0.4 is 9.62 Å². The van der Waals surface area contributed by atoms with E-state index < -0.39 is 10.0 Å². The van der Waals surface area contributed by atoms with Gasteiger partial charge in [-0.05, 0) is 88.0 Å². The molecule has 1 aromatic rings. The first kappa shape index (κ1) is 23.2. The Labute approximate surface area is 191 Å². The molecule has 1 atom stereocenters. The van der Waals surface area contributed by atoms with Crippen molar-refractivity contribution in [3.8, 4) is 0 Å². The van der Waals surface area contributed by atoms with Gasteiger partial charge in [0.2, 0.25) is 21.8 Å². The number of nitrogens with zero attached hydrogens (tertiary/aromatic N) is 2. The molecule has 4 rings (SSSR count). The lowest BCUT2D eigenvalue weighted by Crippen LogP contribution is -2.41. The van der Waals surface area contributed by atoms with Crippen molar-refractivity contribution >= 4 is 27.5 Å². The van der Waals surface area contributed by atoms with Crippen molar-refractivity contribution in [1.82, 2.24) is 9.62 Å². The predicted molar refractivity (Wildman–Crippen MR) is 124 cm³/mol. The highest BCUT2D eigenvalue weighted by molar-refractivity contribution is 7.89. The first-order valence-electron chi connectivity index (χ1n) is 12.0. The number of carbonyl (C=O) groups excluding carboxylic acids is 2. The Balaban J connectivity index is 1.31. The summed E-state index contributed by atoms with van der Waals surface area (Å²) in [4.78, 5) is 28.6. The van der Waals surface area contributed by atoms with E-state index in [1.165, 1.54) is 13.3 Å². The van der Waals surface area contributed by atoms with Crippen LogP contribution in [-0.2, 0) is 26.0 Å². The van der Waals surface area contributed by atoms with E-state index in [4.69, 9.17) is 0 Å². The Hall–Kier alpha value is -1.93. The van der Waals surface area contributed by atoms with E-state index in [2.05, 4.69) is 4.72 Å². The van der Waals surface area contributed by atoms with Gasteiger partial charge in [0.25, 0.3) is 0 Å². The summed E-state index contributed by atoms with van der Waals surface area (Å²) in [6.07, 6.45) is 7.54. The molecule has 1 N–H and O–H groups in total. The Morgan fingerprint density at radius 3 is 2.41 bits per heavy atom. The number of carbonyl (C=O) groups is 2. The number of anilines is 1. The van der Waals surface area contributed by atoms with Gasteiger partial charge in [0.05, 0.1) is 4.90 Å². The van der Waals surface area contributed by atoms with Crippen LogP contribution in [0.15, 0.2) is 23.1 Å². The second kappa shape index (κ2) is 9.51. The van der Waals surface area contributed by atoms with E-state index in [-0.39, 0.29) is 28.7 Å². The fraction of sp³-hybridized carbons (Fsp3) is 0.667. The molecule has 0 bridgehead atoms. The molecule has 1 saturated carbocycles. The van der Waals surface area contributed by atoms with Crippen LogP contribution in [0.25, 0.3) is 0 Å².